The lowest BCUT2D eigenvalue weighted by atomic mass is 10.0. The Kier molecular flexibility index (Phi) is 4.96. The second-order valence-corrected chi connectivity index (χ2v) is 5.58. The van der Waals surface area contributed by atoms with Gasteiger partial charge in [-0.25, -0.2) is 0 Å². The summed E-state index contributed by atoms with van der Waals surface area (Å²) in [4.78, 5) is 4.93. The number of nitrogens with zero attached hydrogens (tertiary/aromatic N) is 4. The number of aryl methyl sites for hydroxylation is 1. The van der Waals surface area contributed by atoms with Crippen LogP contribution in [-0.4, -0.2) is 65.9 Å². The van der Waals surface area contributed by atoms with Crippen molar-refractivity contribution in [3.05, 3.63) is 18.0 Å². The van der Waals surface area contributed by atoms with Gasteiger partial charge in [0.15, 0.2) is 0 Å². The summed E-state index contributed by atoms with van der Waals surface area (Å²) >= 11 is 0. The molecule has 0 saturated carbocycles. The number of likely N-dealkylation sites (N-methyl/N-ethyl adjacent to an activating group) is 3. The first-order chi connectivity index (χ1) is 9.13. The van der Waals surface area contributed by atoms with Gasteiger partial charge in [0.2, 0.25) is 0 Å². The normalized spacial score (nSPS) is 24.3. The number of hydrogen-bond acceptors (Lipinski definition) is 4. The van der Waals surface area contributed by atoms with Crippen LogP contribution in [0.4, 0.5) is 0 Å². The SMILES string of the molecule is CCNC(c1ccnn1C)C1CN(C)CCCN1C. The first-order valence-electron chi connectivity index (χ1n) is 7.23. The van der Waals surface area contributed by atoms with Crippen molar-refractivity contribution in [2.45, 2.75) is 25.4 Å². The second kappa shape index (κ2) is 6.50. The first-order valence-corrected chi connectivity index (χ1v) is 7.23. The van der Waals surface area contributed by atoms with Gasteiger partial charge in [0.1, 0.15) is 0 Å². The fraction of sp³-hybridized carbons (Fsp3) is 0.786. The van der Waals surface area contributed by atoms with E-state index in [0.717, 1.165) is 19.6 Å². The van der Waals surface area contributed by atoms with Crippen LogP contribution in [0.1, 0.15) is 25.1 Å². The molecule has 0 amide bonds. The predicted molar refractivity (Wildman–Crippen MR) is 78.2 cm³/mol. The Morgan fingerprint density at radius 1 is 1.37 bits per heavy atom. The van der Waals surface area contributed by atoms with Crippen LogP contribution in [-0.2, 0) is 7.05 Å². The molecule has 1 fully saturated rings. The maximum absolute atomic E-state index is 4.33. The molecule has 1 aliphatic heterocycles. The molecule has 1 aliphatic rings. The fourth-order valence-corrected chi connectivity index (χ4v) is 3.01. The lowest BCUT2D eigenvalue weighted by Gasteiger charge is -2.35. The zero-order valence-electron chi connectivity index (χ0n) is 12.6. The van der Waals surface area contributed by atoms with E-state index in [1.54, 1.807) is 0 Å². The van der Waals surface area contributed by atoms with Crippen molar-refractivity contribution in [3.8, 4) is 0 Å². The molecule has 108 valence electrons. The van der Waals surface area contributed by atoms with Crippen LogP contribution < -0.4 is 5.32 Å². The van der Waals surface area contributed by atoms with E-state index < -0.39 is 0 Å². The van der Waals surface area contributed by atoms with Crippen molar-refractivity contribution in [2.24, 2.45) is 7.05 Å². The summed E-state index contributed by atoms with van der Waals surface area (Å²) in [6.45, 7) is 6.59. The minimum atomic E-state index is 0.336. The number of aromatic nitrogens is 2. The Morgan fingerprint density at radius 2 is 2.16 bits per heavy atom. The van der Waals surface area contributed by atoms with E-state index in [9.17, 15) is 0 Å². The van der Waals surface area contributed by atoms with E-state index in [-0.39, 0.29) is 0 Å². The van der Waals surface area contributed by atoms with E-state index in [2.05, 4.69) is 47.3 Å². The molecule has 2 atom stereocenters. The minimum Gasteiger partial charge on any atom is -0.308 e. The molecule has 0 radical (unpaired) electrons. The third kappa shape index (κ3) is 3.35. The molecule has 19 heavy (non-hydrogen) atoms. The Morgan fingerprint density at radius 3 is 2.79 bits per heavy atom. The lowest BCUT2D eigenvalue weighted by Crippen LogP contribution is -2.47. The molecular weight excluding hydrogens is 238 g/mol. The first kappa shape index (κ1) is 14.5. The van der Waals surface area contributed by atoms with Gasteiger partial charge < -0.3 is 15.1 Å². The molecule has 0 bridgehead atoms. The van der Waals surface area contributed by atoms with E-state index in [0.29, 0.717) is 12.1 Å². The van der Waals surface area contributed by atoms with Crippen molar-refractivity contribution in [2.75, 3.05) is 40.3 Å². The molecule has 2 heterocycles. The van der Waals surface area contributed by atoms with Gasteiger partial charge >= 0.3 is 0 Å². The van der Waals surface area contributed by atoms with Crippen LogP contribution in [0.25, 0.3) is 0 Å². The Bertz CT molecular complexity index is 389. The van der Waals surface area contributed by atoms with Crippen molar-refractivity contribution < 1.29 is 0 Å². The zero-order valence-corrected chi connectivity index (χ0v) is 12.6. The number of nitrogens with one attached hydrogen (secondary N) is 1. The van der Waals surface area contributed by atoms with Crippen LogP contribution in [0.5, 0.6) is 0 Å². The van der Waals surface area contributed by atoms with E-state index in [4.69, 9.17) is 0 Å². The highest BCUT2D eigenvalue weighted by molar-refractivity contribution is 5.11. The molecule has 5 heteroatoms. The Hall–Kier alpha value is -0.910. The lowest BCUT2D eigenvalue weighted by molar-refractivity contribution is 0.175. The summed E-state index contributed by atoms with van der Waals surface area (Å²) in [5, 5.41) is 7.97. The highest BCUT2D eigenvalue weighted by Gasteiger charge is 2.30. The third-order valence-corrected chi connectivity index (χ3v) is 4.10. The minimum absolute atomic E-state index is 0.336. The molecule has 2 unspecified atom stereocenters. The Labute approximate surface area is 116 Å². The van der Waals surface area contributed by atoms with Crippen molar-refractivity contribution in [1.29, 1.82) is 0 Å². The van der Waals surface area contributed by atoms with Gasteiger partial charge in [-0.05, 0) is 46.2 Å². The highest BCUT2D eigenvalue weighted by atomic mass is 15.3. The molecule has 0 aromatic carbocycles. The van der Waals surface area contributed by atoms with E-state index in [1.165, 1.54) is 18.7 Å². The predicted octanol–water partition coefficient (Wildman–Crippen LogP) is 0.707. The van der Waals surface area contributed by atoms with Gasteiger partial charge in [-0.15, -0.1) is 0 Å². The van der Waals surface area contributed by atoms with E-state index >= 15 is 0 Å². The van der Waals surface area contributed by atoms with Crippen molar-refractivity contribution in [3.63, 3.8) is 0 Å². The molecule has 2 rings (SSSR count). The molecular formula is C14H27N5. The molecule has 0 aliphatic carbocycles. The zero-order chi connectivity index (χ0) is 13.8. The summed E-state index contributed by atoms with van der Waals surface area (Å²) in [6, 6.07) is 2.96. The maximum atomic E-state index is 4.33. The van der Waals surface area contributed by atoms with Crippen LogP contribution >= 0.6 is 0 Å². The number of hydrogen-bond donors (Lipinski definition) is 1. The average molecular weight is 265 g/mol. The third-order valence-electron chi connectivity index (χ3n) is 4.10. The highest BCUT2D eigenvalue weighted by Crippen LogP contribution is 2.22. The average Bonchev–Trinajstić information content (AvgIpc) is 2.71. The molecule has 1 saturated heterocycles. The second-order valence-electron chi connectivity index (χ2n) is 5.58. The van der Waals surface area contributed by atoms with Gasteiger partial charge in [0.05, 0.1) is 11.7 Å². The van der Waals surface area contributed by atoms with Crippen LogP contribution in [0, 0.1) is 0 Å². The summed E-state index contributed by atoms with van der Waals surface area (Å²) in [5.74, 6) is 0. The summed E-state index contributed by atoms with van der Waals surface area (Å²) in [7, 11) is 6.49. The number of rotatable bonds is 4. The largest absolute Gasteiger partial charge is 0.308 e. The smallest absolute Gasteiger partial charge is 0.0662 e. The summed E-state index contributed by atoms with van der Waals surface area (Å²) in [5.41, 5.74) is 1.27. The topological polar surface area (TPSA) is 36.3 Å². The molecule has 5 nitrogen and oxygen atoms in total. The van der Waals surface area contributed by atoms with Crippen LogP contribution in [0.15, 0.2) is 12.3 Å². The molecule has 1 aromatic heterocycles. The van der Waals surface area contributed by atoms with Gasteiger partial charge in [0, 0.05) is 25.8 Å². The maximum Gasteiger partial charge on any atom is 0.0662 e. The van der Waals surface area contributed by atoms with Crippen molar-refractivity contribution in [1.82, 2.24) is 24.9 Å². The quantitative estimate of drug-likeness (QED) is 0.870. The molecule has 1 aromatic rings. The van der Waals surface area contributed by atoms with Crippen LogP contribution in [0.3, 0.4) is 0 Å². The van der Waals surface area contributed by atoms with Gasteiger partial charge in [-0.1, -0.05) is 6.92 Å². The summed E-state index contributed by atoms with van der Waals surface area (Å²) < 4.78 is 1.99. The van der Waals surface area contributed by atoms with Gasteiger partial charge in [0.25, 0.3) is 0 Å². The summed E-state index contributed by atoms with van der Waals surface area (Å²) in [6.07, 6.45) is 3.13. The molecule has 0 spiro atoms. The Balaban J connectivity index is 2.23. The van der Waals surface area contributed by atoms with Gasteiger partial charge in [-0.2, -0.15) is 5.10 Å². The van der Waals surface area contributed by atoms with E-state index in [1.807, 2.05) is 17.9 Å². The monoisotopic (exact) mass is 265 g/mol. The fourth-order valence-electron chi connectivity index (χ4n) is 3.01. The van der Waals surface area contributed by atoms with Gasteiger partial charge in [-0.3, -0.25) is 4.68 Å². The molecule has 1 N–H and O–H groups in total. The standard InChI is InChI=1S/C14H27N5/c1-5-15-14(12-7-8-16-19(12)4)13-11-17(2)9-6-10-18(13)3/h7-8,13-15H,5-6,9-11H2,1-4H3. The van der Waals surface area contributed by atoms with Crippen molar-refractivity contribution >= 4 is 0 Å². The van der Waals surface area contributed by atoms with Crippen LogP contribution in [0.2, 0.25) is 0 Å².